The lowest BCUT2D eigenvalue weighted by molar-refractivity contribution is -0.143. The first-order chi connectivity index (χ1) is 10.4. The molecule has 7 heteroatoms. The van der Waals surface area contributed by atoms with E-state index in [9.17, 15) is 13.2 Å². The van der Waals surface area contributed by atoms with Gasteiger partial charge in [-0.15, -0.1) is 0 Å². The van der Waals surface area contributed by atoms with Crippen LogP contribution in [0.15, 0.2) is 24.3 Å². The topological polar surface area (TPSA) is 33.1 Å². The number of aromatic nitrogens is 2. The molecular formula is C15H19F3N4. The molecule has 1 saturated heterocycles. The predicted octanol–water partition coefficient (Wildman–Crippen LogP) is 2.30. The third-order valence-corrected chi connectivity index (χ3v) is 4.10. The van der Waals surface area contributed by atoms with E-state index in [4.69, 9.17) is 0 Å². The summed E-state index contributed by atoms with van der Waals surface area (Å²) in [4.78, 5) is 6.01. The van der Waals surface area contributed by atoms with Crippen LogP contribution in [-0.4, -0.2) is 46.3 Å². The van der Waals surface area contributed by atoms with Gasteiger partial charge < -0.3 is 9.88 Å². The Morgan fingerprint density at radius 1 is 1.32 bits per heavy atom. The Labute approximate surface area is 126 Å². The Kier molecular flexibility index (Phi) is 4.10. The summed E-state index contributed by atoms with van der Waals surface area (Å²) >= 11 is 0. The second-order valence-electron chi connectivity index (χ2n) is 5.79. The second-order valence-corrected chi connectivity index (χ2v) is 5.79. The third kappa shape index (κ3) is 3.41. The summed E-state index contributed by atoms with van der Waals surface area (Å²) in [6.07, 6.45) is -3.38. The maximum absolute atomic E-state index is 12.4. The highest BCUT2D eigenvalue weighted by atomic mass is 19.4. The van der Waals surface area contributed by atoms with E-state index in [0.29, 0.717) is 19.6 Å². The summed E-state index contributed by atoms with van der Waals surface area (Å²) < 4.78 is 39.2. The van der Waals surface area contributed by atoms with Crippen molar-refractivity contribution < 1.29 is 13.2 Å². The molecule has 1 N–H and O–H groups in total. The summed E-state index contributed by atoms with van der Waals surface area (Å²) in [5.41, 5.74) is 2.00. The van der Waals surface area contributed by atoms with E-state index in [2.05, 4.69) is 10.3 Å². The number of hydrogen-bond acceptors (Lipinski definition) is 3. The highest BCUT2D eigenvalue weighted by Crippen LogP contribution is 2.20. The van der Waals surface area contributed by atoms with Gasteiger partial charge >= 0.3 is 6.18 Å². The minimum atomic E-state index is -4.12. The molecule has 4 nitrogen and oxygen atoms in total. The molecule has 3 rings (SSSR count). The lowest BCUT2D eigenvalue weighted by atomic mass is 10.2. The number of fused-ring (bicyclic) bond motifs is 1. The van der Waals surface area contributed by atoms with E-state index >= 15 is 0 Å². The van der Waals surface area contributed by atoms with Gasteiger partial charge in [-0.1, -0.05) is 12.1 Å². The molecule has 0 aliphatic carbocycles. The molecule has 1 aromatic carbocycles. The SMILES string of the molecule is Cn1c(CN[C@H]2CCN(CC(F)(F)F)C2)nc2ccccc21. The number of alkyl halides is 3. The van der Waals surface area contributed by atoms with Gasteiger partial charge in [0.1, 0.15) is 5.82 Å². The molecule has 120 valence electrons. The first kappa shape index (κ1) is 15.3. The van der Waals surface area contributed by atoms with Crippen LogP contribution >= 0.6 is 0 Å². The normalized spacial score (nSPS) is 20.1. The Morgan fingerprint density at radius 3 is 2.82 bits per heavy atom. The van der Waals surface area contributed by atoms with Gasteiger partial charge in [-0.05, 0) is 18.6 Å². The van der Waals surface area contributed by atoms with Gasteiger partial charge in [0.05, 0.1) is 24.1 Å². The summed E-state index contributed by atoms with van der Waals surface area (Å²) in [6, 6.07) is 7.96. The van der Waals surface area contributed by atoms with Crippen molar-refractivity contribution in [3.63, 3.8) is 0 Å². The number of benzene rings is 1. The summed E-state index contributed by atoms with van der Waals surface area (Å²) in [5.74, 6) is 0.899. The van der Waals surface area contributed by atoms with Gasteiger partial charge in [-0.3, -0.25) is 4.90 Å². The van der Waals surface area contributed by atoms with E-state index in [1.165, 1.54) is 4.90 Å². The Morgan fingerprint density at radius 2 is 2.09 bits per heavy atom. The minimum Gasteiger partial charge on any atom is -0.330 e. The van der Waals surface area contributed by atoms with Crippen LogP contribution in [0.4, 0.5) is 13.2 Å². The fourth-order valence-corrected chi connectivity index (χ4v) is 2.99. The number of imidazole rings is 1. The number of nitrogens with one attached hydrogen (secondary N) is 1. The van der Waals surface area contributed by atoms with Gasteiger partial charge in [0, 0.05) is 26.2 Å². The fraction of sp³-hybridized carbons (Fsp3) is 0.533. The number of likely N-dealkylation sites (tertiary alicyclic amines) is 1. The molecule has 1 atom stereocenters. The molecule has 0 spiro atoms. The number of nitrogens with zero attached hydrogens (tertiary/aromatic N) is 3. The van der Waals surface area contributed by atoms with Crippen LogP contribution in [0.3, 0.4) is 0 Å². The molecule has 0 radical (unpaired) electrons. The standard InChI is InChI=1S/C15H19F3N4/c1-21-13-5-3-2-4-12(13)20-14(21)8-19-11-6-7-22(9-11)10-15(16,17)18/h2-5,11,19H,6-10H2,1H3/t11-/m0/s1. The fourth-order valence-electron chi connectivity index (χ4n) is 2.99. The molecule has 2 aromatic rings. The van der Waals surface area contributed by atoms with Crippen LogP contribution in [0, 0.1) is 0 Å². The summed E-state index contributed by atoms with van der Waals surface area (Å²) in [6.45, 7) is 0.663. The Balaban J connectivity index is 1.57. The lowest BCUT2D eigenvalue weighted by Crippen LogP contribution is -2.36. The number of halogens is 3. The van der Waals surface area contributed by atoms with Gasteiger partial charge in [0.15, 0.2) is 0 Å². The molecule has 0 unspecified atom stereocenters. The maximum Gasteiger partial charge on any atom is 0.401 e. The molecule has 1 aliphatic rings. The largest absolute Gasteiger partial charge is 0.401 e. The van der Waals surface area contributed by atoms with Crippen molar-refractivity contribution in [1.82, 2.24) is 19.8 Å². The molecule has 0 amide bonds. The van der Waals surface area contributed by atoms with Crippen LogP contribution in [-0.2, 0) is 13.6 Å². The van der Waals surface area contributed by atoms with Crippen molar-refractivity contribution >= 4 is 11.0 Å². The minimum absolute atomic E-state index is 0.0853. The van der Waals surface area contributed by atoms with E-state index in [0.717, 1.165) is 23.3 Å². The van der Waals surface area contributed by atoms with E-state index in [1.807, 2.05) is 35.9 Å². The first-order valence-electron chi connectivity index (χ1n) is 7.35. The van der Waals surface area contributed by atoms with Crippen molar-refractivity contribution in [1.29, 1.82) is 0 Å². The van der Waals surface area contributed by atoms with Gasteiger partial charge in [-0.25, -0.2) is 4.98 Å². The monoisotopic (exact) mass is 312 g/mol. The zero-order chi connectivity index (χ0) is 15.7. The molecule has 1 fully saturated rings. The quantitative estimate of drug-likeness (QED) is 0.940. The maximum atomic E-state index is 12.4. The van der Waals surface area contributed by atoms with Crippen LogP contribution in [0.25, 0.3) is 11.0 Å². The van der Waals surface area contributed by atoms with Crippen molar-refractivity contribution in [2.75, 3.05) is 19.6 Å². The number of para-hydroxylation sites is 2. The molecule has 0 bridgehead atoms. The first-order valence-corrected chi connectivity index (χ1v) is 7.35. The number of hydrogen-bond donors (Lipinski definition) is 1. The third-order valence-electron chi connectivity index (χ3n) is 4.10. The molecule has 1 aromatic heterocycles. The second kappa shape index (κ2) is 5.89. The van der Waals surface area contributed by atoms with Gasteiger partial charge in [0.25, 0.3) is 0 Å². The summed E-state index contributed by atoms with van der Waals surface area (Å²) in [7, 11) is 1.96. The highest BCUT2D eigenvalue weighted by Gasteiger charge is 2.34. The van der Waals surface area contributed by atoms with Gasteiger partial charge in [0.2, 0.25) is 0 Å². The average molecular weight is 312 g/mol. The van der Waals surface area contributed by atoms with Crippen LogP contribution in [0.5, 0.6) is 0 Å². The van der Waals surface area contributed by atoms with Gasteiger partial charge in [-0.2, -0.15) is 13.2 Å². The van der Waals surface area contributed by atoms with Crippen molar-refractivity contribution in [2.45, 2.75) is 25.2 Å². The van der Waals surface area contributed by atoms with Crippen LogP contribution in [0.1, 0.15) is 12.2 Å². The Hall–Kier alpha value is -1.60. The smallest absolute Gasteiger partial charge is 0.330 e. The highest BCUT2D eigenvalue weighted by molar-refractivity contribution is 5.75. The van der Waals surface area contributed by atoms with E-state index in [1.54, 1.807) is 0 Å². The predicted molar refractivity (Wildman–Crippen MR) is 78.5 cm³/mol. The molecule has 22 heavy (non-hydrogen) atoms. The van der Waals surface area contributed by atoms with Crippen molar-refractivity contribution in [3.8, 4) is 0 Å². The molecule has 1 aliphatic heterocycles. The van der Waals surface area contributed by atoms with Crippen molar-refractivity contribution in [2.24, 2.45) is 7.05 Å². The molecular weight excluding hydrogens is 293 g/mol. The summed E-state index contributed by atoms with van der Waals surface area (Å²) in [5, 5.41) is 3.32. The zero-order valence-corrected chi connectivity index (χ0v) is 12.4. The zero-order valence-electron chi connectivity index (χ0n) is 12.4. The van der Waals surface area contributed by atoms with Crippen molar-refractivity contribution in [3.05, 3.63) is 30.1 Å². The molecule has 2 heterocycles. The van der Waals surface area contributed by atoms with Crippen LogP contribution in [0.2, 0.25) is 0 Å². The van der Waals surface area contributed by atoms with Crippen LogP contribution < -0.4 is 5.32 Å². The lowest BCUT2D eigenvalue weighted by Gasteiger charge is -2.18. The molecule has 0 saturated carbocycles. The van der Waals surface area contributed by atoms with E-state index < -0.39 is 12.7 Å². The number of rotatable bonds is 4. The number of aryl methyl sites for hydroxylation is 1. The average Bonchev–Trinajstić information content (AvgIpc) is 3.00. The van der Waals surface area contributed by atoms with E-state index in [-0.39, 0.29) is 6.04 Å². The Bertz CT molecular complexity index is 650.